The van der Waals surface area contributed by atoms with Gasteiger partial charge in [0.2, 0.25) is 0 Å². The van der Waals surface area contributed by atoms with E-state index in [9.17, 15) is 20.1 Å². The highest BCUT2D eigenvalue weighted by molar-refractivity contribution is 5.68. The number of carbonyl (C=O) groups is 1. The van der Waals surface area contributed by atoms with Gasteiger partial charge in [-0.3, -0.25) is 4.79 Å². The molecule has 0 saturated heterocycles. The number of unbranched alkanes of at least 4 members (excludes halogenated alkanes) is 5. The van der Waals surface area contributed by atoms with E-state index in [-0.39, 0.29) is 31.0 Å². The van der Waals surface area contributed by atoms with Gasteiger partial charge in [-0.1, -0.05) is 57.6 Å². The molecule has 0 heterocycles. The van der Waals surface area contributed by atoms with Crippen molar-refractivity contribution in [2.75, 3.05) is 20.3 Å². The van der Waals surface area contributed by atoms with Crippen LogP contribution < -0.4 is 0 Å². The second-order valence-electron chi connectivity index (χ2n) is 6.77. The van der Waals surface area contributed by atoms with Gasteiger partial charge in [-0.2, -0.15) is 0 Å². The number of aliphatic hydroxyl groups is 3. The van der Waals surface area contributed by atoms with E-state index in [1.165, 1.54) is 7.11 Å². The zero-order valence-corrected chi connectivity index (χ0v) is 16.0. The van der Waals surface area contributed by atoms with E-state index >= 15 is 0 Å². The van der Waals surface area contributed by atoms with Crippen LogP contribution in [0.4, 0.5) is 0 Å². The van der Waals surface area contributed by atoms with Crippen molar-refractivity contribution < 1.29 is 24.9 Å². The smallest absolute Gasteiger partial charge is 0.305 e. The van der Waals surface area contributed by atoms with E-state index in [2.05, 4.69) is 11.7 Å². The summed E-state index contributed by atoms with van der Waals surface area (Å²) in [7, 11) is 1.40. The van der Waals surface area contributed by atoms with E-state index in [1.807, 2.05) is 6.08 Å². The molecule has 5 heteroatoms. The maximum atomic E-state index is 11.0. The Morgan fingerprint density at radius 1 is 0.960 bits per heavy atom. The lowest BCUT2D eigenvalue weighted by Gasteiger charge is -2.21. The zero-order valence-electron chi connectivity index (χ0n) is 16.0. The predicted molar refractivity (Wildman–Crippen MR) is 100 cm³/mol. The molecular weight excluding hydrogens is 320 g/mol. The van der Waals surface area contributed by atoms with Gasteiger partial charge in [-0.05, 0) is 25.2 Å². The summed E-state index contributed by atoms with van der Waals surface area (Å²) in [5.74, 6) is -0.290. The van der Waals surface area contributed by atoms with Crippen LogP contribution in [0.15, 0.2) is 12.2 Å². The Labute approximate surface area is 153 Å². The molecule has 0 rings (SSSR count). The van der Waals surface area contributed by atoms with E-state index in [1.54, 1.807) is 6.08 Å². The van der Waals surface area contributed by atoms with Crippen molar-refractivity contribution >= 4 is 5.97 Å². The van der Waals surface area contributed by atoms with Gasteiger partial charge in [0, 0.05) is 25.6 Å². The Bertz CT molecular complexity index is 343. The van der Waals surface area contributed by atoms with Crippen LogP contribution in [-0.4, -0.2) is 47.7 Å². The summed E-state index contributed by atoms with van der Waals surface area (Å²) in [6.45, 7) is 2.14. The molecule has 3 atom stereocenters. The minimum atomic E-state index is -0.474. The summed E-state index contributed by atoms with van der Waals surface area (Å²) in [5, 5.41) is 29.1. The van der Waals surface area contributed by atoms with Gasteiger partial charge in [-0.25, -0.2) is 0 Å². The Morgan fingerprint density at radius 3 is 2.24 bits per heavy atom. The van der Waals surface area contributed by atoms with Crippen LogP contribution in [-0.2, 0) is 9.53 Å². The predicted octanol–water partition coefficient (Wildman–Crippen LogP) is 3.21. The molecule has 0 aliphatic heterocycles. The van der Waals surface area contributed by atoms with E-state index in [0.29, 0.717) is 6.42 Å². The number of ether oxygens (including phenoxy) is 1. The molecule has 0 amide bonds. The van der Waals surface area contributed by atoms with Crippen LogP contribution in [0.1, 0.15) is 71.1 Å². The summed E-state index contributed by atoms with van der Waals surface area (Å²) in [5.41, 5.74) is 0. The Hall–Kier alpha value is -0.910. The molecule has 0 radical (unpaired) electrons. The largest absolute Gasteiger partial charge is 0.469 e. The van der Waals surface area contributed by atoms with Crippen LogP contribution in [0.5, 0.6) is 0 Å². The Balaban J connectivity index is 4.10. The summed E-state index contributed by atoms with van der Waals surface area (Å²) in [4.78, 5) is 11.0. The first-order valence-corrected chi connectivity index (χ1v) is 9.73. The molecule has 0 aliphatic carbocycles. The molecule has 0 spiro atoms. The lowest BCUT2D eigenvalue weighted by Crippen LogP contribution is -2.21. The molecule has 0 aromatic carbocycles. The van der Waals surface area contributed by atoms with Crippen LogP contribution in [0.3, 0.4) is 0 Å². The highest BCUT2D eigenvalue weighted by Gasteiger charge is 2.17. The number of aliphatic hydroxyl groups excluding tert-OH is 3. The average molecular weight is 359 g/mol. The molecule has 0 aromatic rings. The Morgan fingerprint density at radius 2 is 1.64 bits per heavy atom. The first-order chi connectivity index (χ1) is 12.1. The van der Waals surface area contributed by atoms with Crippen LogP contribution in [0.25, 0.3) is 0 Å². The average Bonchev–Trinajstić information content (AvgIpc) is 2.62. The molecule has 3 N–H and O–H groups in total. The minimum absolute atomic E-state index is 0.00435. The SMILES string of the molecule is CCCCC[C@@H](O)/C=C/[C@@H](CO)[C@H](CO)CCCCCCC(=O)OC. The maximum absolute atomic E-state index is 11.0. The highest BCUT2D eigenvalue weighted by Crippen LogP contribution is 2.21. The quantitative estimate of drug-likeness (QED) is 0.224. The lowest BCUT2D eigenvalue weighted by molar-refractivity contribution is -0.140. The number of methoxy groups -OCH3 is 1. The molecule has 0 unspecified atom stereocenters. The summed E-state index contributed by atoms with van der Waals surface area (Å²) in [6.07, 6.45) is 12.1. The summed E-state index contributed by atoms with van der Waals surface area (Å²) in [6, 6.07) is 0. The third-order valence-electron chi connectivity index (χ3n) is 4.67. The van der Waals surface area contributed by atoms with E-state index in [0.717, 1.165) is 57.8 Å². The van der Waals surface area contributed by atoms with Crippen LogP contribution in [0, 0.1) is 11.8 Å². The van der Waals surface area contributed by atoms with Gasteiger partial charge in [-0.15, -0.1) is 0 Å². The highest BCUT2D eigenvalue weighted by atomic mass is 16.5. The topological polar surface area (TPSA) is 87.0 Å². The van der Waals surface area contributed by atoms with Crippen molar-refractivity contribution in [1.82, 2.24) is 0 Å². The second kappa shape index (κ2) is 16.6. The third kappa shape index (κ3) is 13.0. The van der Waals surface area contributed by atoms with Gasteiger partial charge >= 0.3 is 5.97 Å². The zero-order chi connectivity index (χ0) is 18.9. The first-order valence-electron chi connectivity index (χ1n) is 9.73. The number of hydrogen-bond donors (Lipinski definition) is 3. The van der Waals surface area contributed by atoms with Crippen molar-refractivity contribution in [3.8, 4) is 0 Å². The minimum Gasteiger partial charge on any atom is -0.469 e. The van der Waals surface area contributed by atoms with E-state index < -0.39 is 6.10 Å². The third-order valence-corrected chi connectivity index (χ3v) is 4.67. The second-order valence-corrected chi connectivity index (χ2v) is 6.77. The molecular formula is C20H38O5. The molecule has 0 saturated carbocycles. The van der Waals surface area contributed by atoms with Crippen molar-refractivity contribution in [3.63, 3.8) is 0 Å². The van der Waals surface area contributed by atoms with Crippen molar-refractivity contribution in [3.05, 3.63) is 12.2 Å². The van der Waals surface area contributed by atoms with Crippen LogP contribution >= 0.6 is 0 Å². The summed E-state index contributed by atoms with van der Waals surface area (Å²) < 4.78 is 4.61. The molecule has 0 bridgehead atoms. The van der Waals surface area contributed by atoms with E-state index in [4.69, 9.17) is 0 Å². The van der Waals surface area contributed by atoms with Crippen molar-refractivity contribution in [2.45, 2.75) is 77.2 Å². The van der Waals surface area contributed by atoms with Crippen LogP contribution in [0.2, 0.25) is 0 Å². The molecule has 148 valence electrons. The fraction of sp³-hybridized carbons (Fsp3) is 0.850. The van der Waals surface area contributed by atoms with Gasteiger partial charge in [0.25, 0.3) is 0 Å². The standard InChI is InChI=1S/C20H38O5/c1-3-4-7-11-19(23)14-13-18(16-22)17(15-21)10-8-5-6-9-12-20(24)25-2/h13-14,17-19,21-23H,3-12,15-16H2,1-2H3/b14-13+/t17-,18-,19+/m0/s1. The molecule has 5 nitrogen and oxygen atoms in total. The Kier molecular flexibility index (Phi) is 16.0. The summed E-state index contributed by atoms with van der Waals surface area (Å²) >= 11 is 0. The van der Waals surface area contributed by atoms with Gasteiger partial charge < -0.3 is 20.1 Å². The lowest BCUT2D eigenvalue weighted by atomic mass is 9.88. The molecule has 0 fully saturated rings. The monoisotopic (exact) mass is 358 g/mol. The van der Waals surface area contributed by atoms with Crippen molar-refractivity contribution in [1.29, 1.82) is 0 Å². The van der Waals surface area contributed by atoms with Gasteiger partial charge in [0.15, 0.2) is 0 Å². The van der Waals surface area contributed by atoms with Crippen molar-refractivity contribution in [2.24, 2.45) is 11.8 Å². The first kappa shape index (κ1) is 24.1. The molecule has 0 aliphatic rings. The molecule has 25 heavy (non-hydrogen) atoms. The number of hydrogen-bond acceptors (Lipinski definition) is 5. The fourth-order valence-electron chi connectivity index (χ4n) is 2.91. The van der Waals surface area contributed by atoms with Gasteiger partial charge in [0.05, 0.1) is 13.2 Å². The number of rotatable bonds is 16. The molecule has 0 aromatic heterocycles. The van der Waals surface area contributed by atoms with Gasteiger partial charge in [0.1, 0.15) is 0 Å². The normalized spacial score (nSPS) is 15.2. The fourth-order valence-corrected chi connectivity index (χ4v) is 2.91. The number of esters is 1. The number of carbonyl (C=O) groups excluding carboxylic acids is 1. The maximum Gasteiger partial charge on any atom is 0.305 e.